The highest BCUT2D eigenvalue weighted by Crippen LogP contribution is 2.20. The van der Waals surface area contributed by atoms with E-state index >= 15 is 0 Å². The molecule has 0 aliphatic heterocycles. The molecule has 98 valence electrons. The van der Waals surface area contributed by atoms with Crippen molar-refractivity contribution in [3.63, 3.8) is 0 Å². The van der Waals surface area contributed by atoms with E-state index in [0.717, 1.165) is 5.56 Å². The van der Waals surface area contributed by atoms with Gasteiger partial charge >= 0.3 is 0 Å². The molecule has 0 saturated carbocycles. The van der Waals surface area contributed by atoms with Crippen molar-refractivity contribution in [1.29, 1.82) is 0 Å². The summed E-state index contributed by atoms with van der Waals surface area (Å²) in [6.45, 7) is 0. The van der Waals surface area contributed by atoms with E-state index < -0.39 is 5.91 Å². The van der Waals surface area contributed by atoms with E-state index in [9.17, 15) is 9.18 Å². The molecule has 1 heterocycles. The first-order valence-electron chi connectivity index (χ1n) is 5.96. The Morgan fingerprint density at radius 1 is 1.05 bits per heavy atom. The first-order chi connectivity index (χ1) is 9.63. The van der Waals surface area contributed by atoms with Gasteiger partial charge in [-0.2, -0.15) is 0 Å². The molecule has 0 spiro atoms. The van der Waals surface area contributed by atoms with Gasteiger partial charge in [0, 0.05) is 11.1 Å². The fourth-order valence-electron chi connectivity index (χ4n) is 1.92. The van der Waals surface area contributed by atoms with Gasteiger partial charge in [0.2, 0.25) is 5.91 Å². The normalized spacial score (nSPS) is 10.7. The van der Waals surface area contributed by atoms with Crippen molar-refractivity contribution in [2.75, 3.05) is 0 Å². The smallest absolute Gasteiger partial charge is 0.248 e. The second kappa shape index (κ2) is 4.70. The summed E-state index contributed by atoms with van der Waals surface area (Å²) in [4.78, 5) is 19.9. The van der Waals surface area contributed by atoms with E-state index in [-0.39, 0.29) is 5.82 Å². The lowest BCUT2D eigenvalue weighted by atomic mass is 10.1. The van der Waals surface area contributed by atoms with Crippen LogP contribution < -0.4 is 5.73 Å². The number of halogens is 1. The third-order valence-electron chi connectivity index (χ3n) is 2.97. The summed E-state index contributed by atoms with van der Waals surface area (Å²) in [7, 11) is 0. The highest BCUT2D eigenvalue weighted by atomic mass is 19.1. The molecule has 0 fully saturated rings. The van der Waals surface area contributed by atoms with Gasteiger partial charge in [-0.15, -0.1) is 0 Å². The standard InChI is InChI=1S/C15H10FN3O/c16-11-4-1-9(2-5-11)14-8-18-12-6-3-10(15(17)20)7-13(12)19-14/h1-8H,(H2,17,20). The van der Waals surface area contributed by atoms with Crippen LogP contribution in [-0.4, -0.2) is 15.9 Å². The summed E-state index contributed by atoms with van der Waals surface area (Å²) < 4.78 is 12.9. The number of nitrogens with two attached hydrogens (primary N) is 1. The van der Waals surface area contributed by atoms with Crippen LogP contribution in [0, 0.1) is 5.82 Å². The number of hydrogen-bond acceptors (Lipinski definition) is 3. The largest absolute Gasteiger partial charge is 0.366 e. The predicted molar refractivity (Wildman–Crippen MR) is 73.4 cm³/mol. The zero-order chi connectivity index (χ0) is 14.1. The quantitative estimate of drug-likeness (QED) is 0.775. The summed E-state index contributed by atoms with van der Waals surface area (Å²) in [6, 6.07) is 10.9. The Morgan fingerprint density at radius 3 is 2.50 bits per heavy atom. The molecule has 0 unspecified atom stereocenters. The van der Waals surface area contributed by atoms with Crippen LogP contribution in [0.2, 0.25) is 0 Å². The monoisotopic (exact) mass is 267 g/mol. The van der Waals surface area contributed by atoms with Crippen molar-refractivity contribution in [3.8, 4) is 11.3 Å². The first kappa shape index (κ1) is 12.2. The topological polar surface area (TPSA) is 68.9 Å². The van der Waals surface area contributed by atoms with Crippen LogP contribution in [0.5, 0.6) is 0 Å². The van der Waals surface area contributed by atoms with E-state index in [0.29, 0.717) is 22.3 Å². The number of rotatable bonds is 2. The van der Waals surface area contributed by atoms with Gasteiger partial charge in [0.25, 0.3) is 0 Å². The van der Waals surface area contributed by atoms with Crippen LogP contribution in [0.15, 0.2) is 48.7 Å². The van der Waals surface area contributed by atoms with Crippen LogP contribution in [0.4, 0.5) is 4.39 Å². The van der Waals surface area contributed by atoms with Crippen LogP contribution in [0.25, 0.3) is 22.3 Å². The highest BCUT2D eigenvalue weighted by Gasteiger charge is 2.06. The molecule has 0 saturated heterocycles. The van der Waals surface area contributed by atoms with Crippen molar-refractivity contribution < 1.29 is 9.18 Å². The van der Waals surface area contributed by atoms with E-state index in [1.807, 2.05) is 0 Å². The lowest BCUT2D eigenvalue weighted by Crippen LogP contribution is -2.10. The Hall–Kier alpha value is -2.82. The molecular formula is C15H10FN3O. The number of aromatic nitrogens is 2. The summed E-state index contributed by atoms with van der Waals surface area (Å²) >= 11 is 0. The molecule has 2 aromatic carbocycles. The Bertz CT molecular complexity index is 800. The minimum Gasteiger partial charge on any atom is -0.366 e. The fourth-order valence-corrected chi connectivity index (χ4v) is 1.92. The van der Waals surface area contributed by atoms with Gasteiger partial charge in [-0.05, 0) is 42.5 Å². The number of fused-ring (bicyclic) bond motifs is 1. The number of benzene rings is 2. The molecule has 3 rings (SSSR count). The molecule has 4 nitrogen and oxygen atoms in total. The summed E-state index contributed by atoms with van der Waals surface area (Å²) in [6.07, 6.45) is 1.61. The van der Waals surface area contributed by atoms with Crippen molar-refractivity contribution in [2.45, 2.75) is 0 Å². The van der Waals surface area contributed by atoms with Crippen molar-refractivity contribution in [2.24, 2.45) is 5.73 Å². The van der Waals surface area contributed by atoms with Gasteiger partial charge in [0.05, 0.1) is 22.9 Å². The molecule has 0 aliphatic carbocycles. The third-order valence-corrected chi connectivity index (χ3v) is 2.97. The number of carbonyl (C=O) groups is 1. The number of nitrogens with zero attached hydrogens (tertiary/aromatic N) is 2. The second-order valence-corrected chi connectivity index (χ2v) is 4.33. The molecule has 1 amide bonds. The lowest BCUT2D eigenvalue weighted by molar-refractivity contribution is 0.100. The first-order valence-corrected chi connectivity index (χ1v) is 5.96. The number of primary amides is 1. The summed E-state index contributed by atoms with van der Waals surface area (Å²) in [5, 5.41) is 0. The van der Waals surface area contributed by atoms with Gasteiger partial charge in [-0.3, -0.25) is 9.78 Å². The van der Waals surface area contributed by atoms with Gasteiger partial charge in [0.1, 0.15) is 5.82 Å². The Morgan fingerprint density at radius 2 is 1.80 bits per heavy atom. The Labute approximate surface area is 114 Å². The Kier molecular flexibility index (Phi) is 2.87. The van der Waals surface area contributed by atoms with Gasteiger partial charge < -0.3 is 5.73 Å². The summed E-state index contributed by atoms with van der Waals surface area (Å²) in [5.41, 5.74) is 8.22. The number of carbonyl (C=O) groups excluding carboxylic acids is 1. The molecule has 20 heavy (non-hydrogen) atoms. The molecule has 1 aromatic heterocycles. The molecule has 0 radical (unpaired) electrons. The van der Waals surface area contributed by atoms with Crippen molar-refractivity contribution in [1.82, 2.24) is 9.97 Å². The molecule has 2 N–H and O–H groups in total. The van der Waals surface area contributed by atoms with Gasteiger partial charge in [-0.1, -0.05) is 0 Å². The maximum Gasteiger partial charge on any atom is 0.248 e. The molecule has 5 heteroatoms. The predicted octanol–water partition coefficient (Wildman–Crippen LogP) is 2.53. The molecular weight excluding hydrogens is 257 g/mol. The number of hydrogen-bond donors (Lipinski definition) is 1. The van der Waals surface area contributed by atoms with Crippen LogP contribution in [0.3, 0.4) is 0 Å². The average Bonchev–Trinajstić information content (AvgIpc) is 2.47. The van der Waals surface area contributed by atoms with Gasteiger partial charge in [0.15, 0.2) is 0 Å². The van der Waals surface area contributed by atoms with Crippen LogP contribution >= 0.6 is 0 Å². The van der Waals surface area contributed by atoms with E-state index in [2.05, 4.69) is 9.97 Å². The zero-order valence-electron chi connectivity index (χ0n) is 10.4. The third kappa shape index (κ3) is 2.21. The molecule has 3 aromatic rings. The molecule has 0 aliphatic rings. The van der Waals surface area contributed by atoms with E-state index in [1.165, 1.54) is 12.1 Å². The second-order valence-electron chi connectivity index (χ2n) is 4.33. The van der Waals surface area contributed by atoms with E-state index in [4.69, 9.17) is 5.73 Å². The van der Waals surface area contributed by atoms with Crippen molar-refractivity contribution >= 4 is 16.9 Å². The van der Waals surface area contributed by atoms with E-state index in [1.54, 1.807) is 36.5 Å². The SMILES string of the molecule is NC(=O)c1ccc2ncc(-c3ccc(F)cc3)nc2c1. The minimum absolute atomic E-state index is 0.307. The summed E-state index contributed by atoms with van der Waals surface area (Å²) in [5.74, 6) is -0.820. The Balaban J connectivity index is 2.13. The number of amides is 1. The lowest BCUT2D eigenvalue weighted by Gasteiger charge is -2.03. The fraction of sp³-hybridized carbons (Fsp3) is 0. The van der Waals surface area contributed by atoms with Crippen LogP contribution in [-0.2, 0) is 0 Å². The van der Waals surface area contributed by atoms with Gasteiger partial charge in [-0.25, -0.2) is 9.37 Å². The highest BCUT2D eigenvalue weighted by molar-refractivity contribution is 5.96. The van der Waals surface area contributed by atoms with Crippen molar-refractivity contribution in [3.05, 3.63) is 60.0 Å². The average molecular weight is 267 g/mol. The maximum absolute atomic E-state index is 12.9. The maximum atomic E-state index is 12.9. The zero-order valence-corrected chi connectivity index (χ0v) is 10.4. The minimum atomic E-state index is -0.513. The molecule has 0 atom stereocenters. The molecule has 0 bridgehead atoms. The van der Waals surface area contributed by atoms with Crippen LogP contribution in [0.1, 0.15) is 10.4 Å².